The second-order valence-electron chi connectivity index (χ2n) is 7.17. The summed E-state index contributed by atoms with van der Waals surface area (Å²) >= 11 is 0. The summed E-state index contributed by atoms with van der Waals surface area (Å²) in [5.74, 6) is 0. The van der Waals surface area contributed by atoms with Gasteiger partial charge in [-0.15, -0.1) is 0 Å². The molecular formula is C23H26N+. The van der Waals surface area contributed by atoms with E-state index in [2.05, 4.69) is 99.9 Å². The van der Waals surface area contributed by atoms with Gasteiger partial charge in [0.25, 0.3) is 0 Å². The topological polar surface area (TPSA) is 0 Å². The van der Waals surface area contributed by atoms with Gasteiger partial charge < -0.3 is 4.48 Å². The van der Waals surface area contributed by atoms with E-state index < -0.39 is 0 Å². The fourth-order valence-corrected chi connectivity index (χ4v) is 3.19. The molecule has 122 valence electrons. The van der Waals surface area contributed by atoms with Crippen molar-refractivity contribution in [1.29, 1.82) is 0 Å². The molecule has 3 aromatic carbocycles. The van der Waals surface area contributed by atoms with E-state index in [1.54, 1.807) is 0 Å². The van der Waals surface area contributed by atoms with Gasteiger partial charge in [-0.1, -0.05) is 72.8 Å². The molecular weight excluding hydrogens is 290 g/mol. The van der Waals surface area contributed by atoms with E-state index in [0.717, 1.165) is 17.6 Å². The molecule has 0 saturated heterocycles. The lowest BCUT2D eigenvalue weighted by Crippen LogP contribution is -2.39. The van der Waals surface area contributed by atoms with Crippen molar-refractivity contribution in [1.82, 2.24) is 0 Å². The molecule has 24 heavy (non-hydrogen) atoms. The van der Waals surface area contributed by atoms with Crippen LogP contribution in [-0.2, 0) is 6.54 Å². The molecule has 3 rings (SSSR count). The monoisotopic (exact) mass is 316 g/mol. The normalized spacial score (nSPS) is 12.1. The number of benzene rings is 3. The summed E-state index contributed by atoms with van der Waals surface area (Å²) in [7, 11) is 4.60. The van der Waals surface area contributed by atoms with Gasteiger partial charge in [0, 0.05) is 5.56 Å². The molecule has 0 fully saturated rings. The average Bonchev–Trinajstić information content (AvgIpc) is 2.58. The fourth-order valence-electron chi connectivity index (χ4n) is 3.19. The van der Waals surface area contributed by atoms with Crippen LogP contribution in [-0.4, -0.2) is 25.1 Å². The first-order chi connectivity index (χ1) is 11.6. The van der Waals surface area contributed by atoms with E-state index in [0.29, 0.717) is 0 Å². The Morgan fingerprint density at radius 3 is 2.33 bits per heavy atom. The summed E-state index contributed by atoms with van der Waals surface area (Å²) in [5, 5.41) is 2.72. The van der Waals surface area contributed by atoms with Gasteiger partial charge >= 0.3 is 0 Å². The summed E-state index contributed by atoms with van der Waals surface area (Å²) in [6.45, 7) is 4.27. The summed E-state index contributed by atoms with van der Waals surface area (Å²) in [5.41, 5.74) is 4.11. The quantitative estimate of drug-likeness (QED) is 0.550. The Bertz CT molecular complexity index is 844. The molecule has 0 unspecified atom stereocenters. The summed E-state index contributed by atoms with van der Waals surface area (Å²) in [4.78, 5) is 0. The zero-order valence-electron chi connectivity index (χ0n) is 14.9. The van der Waals surface area contributed by atoms with Crippen LogP contribution >= 0.6 is 0 Å². The maximum absolute atomic E-state index is 2.30. The van der Waals surface area contributed by atoms with Crippen molar-refractivity contribution >= 4 is 16.8 Å². The number of nitrogens with zero attached hydrogens (tertiary/aromatic N) is 1. The van der Waals surface area contributed by atoms with Crippen molar-refractivity contribution in [3.63, 3.8) is 0 Å². The van der Waals surface area contributed by atoms with Gasteiger partial charge in [0.05, 0.1) is 20.6 Å². The third kappa shape index (κ3) is 3.93. The Hall–Kier alpha value is -2.38. The van der Waals surface area contributed by atoms with Gasteiger partial charge in [-0.25, -0.2) is 0 Å². The first-order valence-electron chi connectivity index (χ1n) is 8.56. The lowest BCUT2D eigenvalue weighted by atomic mass is 9.99. The van der Waals surface area contributed by atoms with Crippen LogP contribution < -0.4 is 0 Å². The van der Waals surface area contributed by atoms with Gasteiger partial charge in [0.15, 0.2) is 0 Å². The minimum Gasteiger partial charge on any atom is -0.321 e. The predicted molar refractivity (Wildman–Crippen MR) is 105 cm³/mol. The van der Waals surface area contributed by atoms with Crippen molar-refractivity contribution in [3.8, 4) is 0 Å². The van der Waals surface area contributed by atoms with E-state index in [4.69, 9.17) is 0 Å². The molecule has 1 nitrogen and oxygen atoms in total. The van der Waals surface area contributed by atoms with Crippen LogP contribution in [0.4, 0.5) is 0 Å². The molecule has 0 N–H and O–H groups in total. The zero-order chi connectivity index (χ0) is 17.0. The van der Waals surface area contributed by atoms with Crippen LogP contribution in [0.1, 0.15) is 16.7 Å². The van der Waals surface area contributed by atoms with Crippen LogP contribution in [0, 0.1) is 6.92 Å². The van der Waals surface area contributed by atoms with Crippen molar-refractivity contribution in [2.45, 2.75) is 13.5 Å². The number of fused-ring (bicyclic) bond motifs is 1. The first kappa shape index (κ1) is 16.5. The Labute approximate surface area is 145 Å². The van der Waals surface area contributed by atoms with Crippen molar-refractivity contribution < 1.29 is 4.48 Å². The molecule has 0 saturated carbocycles. The maximum atomic E-state index is 2.30. The van der Waals surface area contributed by atoms with Gasteiger partial charge in [-0.2, -0.15) is 0 Å². The van der Waals surface area contributed by atoms with Gasteiger partial charge in [0.1, 0.15) is 6.54 Å². The average molecular weight is 316 g/mol. The van der Waals surface area contributed by atoms with Gasteiger partial charge in [0.2, 0.25) is 0 Å². The molecule has 0 heterocycles. The van der Waals surface area contributed by atoms with Crippen molar-refractivity contribution in [3.05, 3.63) is 89.5 Å². The molecule has 0 amide bonds. The Morgan fingerprint density at radius 2 is 1.54 bits per heavy atom. The van der Waals surface area contributed by atoms with Crippen LogP contribution in [0.5, 0.6) is 0 Å². The fraction of sp³-hybridized carbons (Fsp3) is 0.217. The highest BCUT2D eigenvalue weighted by Crippen LogP contribution is 2.25. The number of hydrogen-bond acceptors (Lipinski definition) is 0. The zero-order valence-corrected chi connectivity index (χ0v) is 14.9. The summed E-state index contributed by atoms with van der Waals surface area (Å²) in [6, 6.07) is 23.7. The van der Waals surface area contributed by atoms with Crippen molar-refractivity contribution in [2.24, 2.45) is 0 Å². The largest absolute Gasteiger partial charge is 0.321 e. The third-order valence-electron chi connectivity index (χ3n) is 4.57. The Balaban J connectivity index is 1.79. The number of hydrogen-bond donors (Lipinski definition) is 0. The highest BCUT2D eigenvalue weighted by atomic mass is 15.3. The molecule has 3 aromatic rings. The highest BCUT2D eigenvalue weighted by molar-refractivity contribution is 5.86. The second-order valence-corrected chi connectivity index (χ2v) is 7.17. The van der Waals surface area contributed by atoms with Crippen LogP contribution in [0.3, 0.4) is 0 Å². The van der Waals surface area contributed by atoms with E-state index >= 15 is 0 Å². The molecule has 0 bridgehead atoms. The number of aryl methyl sites for hydroxylation is 1. The van der Waals surface area contributed by atoms with E-state index in [1.807, 2.05) is 0 Å². The molecule has 0 aliphatic carbocycles. The third-order valence-corrected chi connectivity index (χ3v) is 4.57. The molecule has 0 aliphatic rings. The standard InChI is InChI=1S/C23H26N/c1-19-15-16-21-13-7-8-14-22(21)23(19)18-24(2,3)17-9-12-20-10-5-4-6-11-20/h4-16H,17-18H2,1-3H3/q+1. The predicted octanol–water partition coefficient (Wildman–Crippen LogP) is 5.44. The molecule has 0 radical (unpaired) electrons. The summed E-state index contributed by atoms with van der Waals surface area (Å²) < 4.78 is 0.943. The van der Waals surface area contributed by atoms with E-state index in [-0.39, 0.29) is 0 Å². The highest BCUT2D eigenvalue weighted by Gasteiger charge is 2.17. The first-order valence-corrected chi connectivity index (χ1v) is 8.56. The van der Waals surface area contributed by atoms with Crippen LogP contribution in [0.2, 0.25) is 0 Å². The van der Waals surface area contributed by atoms with Crippen LogP contribution in [0.15, 0.2) is 72.8 Å². The number of likely N-dealkylation sites (N-methyl/N-ethyl adjacent to an activating group) is 1. The minimum atomic E-state index is 0.943. The summed E-state index contributed by atoms with van der Waals surface area (Å²) in [6.07, 6.45) is 4.51. The Morgan fingerprint density at radius 1 is 0.833 bits per heavy atom. The van der Waals surface area contributed by atoms with Gasteiger partial charge in [-0.05, 0) is 34.9 Å². The number of rotatable bonds is 5. The Kier molecular flexibility index (Phi) is 4.82. The minimum absolute atomic E-state index is 0.943. The second kappa shape index (κ2) is 7.02. The molecule has 1 heteroatoms. The maximum Gasteiger partial charge on any atom is 0.105 e. The lowest BCUT2D eigenvalue weighted by molar-refractivity contribution is -0.897. The molecule has 0 aromatic heterocycles. The SMILES string of the molecule is Cc1ccc2ccccc2c1C[N+](C)(C)CC=Cc1ccccc1. The lowest BCUT2D eigenvalue weighted by Gasteiger charge is -2.30. The van der Waals surface area contributed by atoms with E-state index in [1.165, 1.54) is 27.5 Å². The molecule has 0 atom stereocenters. The smallest absolute Gasteiger partial charge is 0.105 e. The molecule has 0 spiro atoms. The van der Waals surface area contributed by atoms with Crippen molar-refractivity contribution in [2.75, 3.05) is 20.6 Å². The van der Waals surface area contributed by atoms with Crippen LogP contribution in [0.25, 0.3) is 16.8 Å². The van der Waals surface area contributed by atoms with Gasteiger partial charge in [-0.3, -0.25) is 0 Å². The molecule has 0 aliphatic heterocycles. The number of quaternary nitrogens is 1. The van der Waals surface area contributed by atoms with E-state index in [9.17, 15) is 0 Å².